The molecule has 1 N–H and O–H groups in total. The van der Waals surface area contributed by atoms with Gasteiger partial charge in [0.1, 0.15) is 0 Å². The first-order valence-corrected chi connectivity index (χ1v) is 6.28. The lowest BCUT2D eigenvalue weighted by Gasteiger charge is -2.40. The quantitative estimate of drug-likeness (QED) is 0.739. The smallest absolute Gasteiger partial charge is 0.307 e. The Balaban J connectivity index is 1.88. The maximum atomic E-state index is 12.1. The third-order valence-electron chi connectivity index (χ3n) is 3.95. The van der Waals surface area contributed by atoms with Crippen LogP contribution < -0.4 is 0 Å². The van der Waals surface area contributed by atoms with Crippen LogP contribution in [0.5, 0.6) is 0 Å². The minimum Gasteiger partial charge on any atom is -0.481 e. The summed E-state index contributed by atoms with van der Waals surface area (Å²) in [6.07, 6.45) is 1.27. The zero-order valence-electron chi connectivity index (χ0n) is 10.5. The van der Waals surface area contributed by atoms with Gasteiger partial charge >= 0.3 is 5.97 Å². The number of aliphatic carboxylic acids is 1. The van der Waals surface area contributed by atoms with Crippen LogP contribution in [0.3, 0.4) is 0 Å². The van der Waals surface area contributed by atoms with E-state index in [2.05, 4.69) is 0 Å². The predicted molar refractivity (Wildman–Crippen MR) is 62.7 cm³/mol. The van der Waals surface area contributed by atoms with Crippen molar-refractivity contribution in [2.75, 3.05) is 26.2 Å². The average molecular weight is 254 g/mol. The highest BCUT2D eigenvalue weighted by Gasteiger charge is 2.43. The maximum absolute atomic E-state index is 12.1. The lowest BCUT2D eigenvalue weighted by Crippen LogP contribution is -2.54. The lowest BCUT2D eigenvalue weighted by atomic mass is 9.73. The molecule has 6 nitrogen and oxygen atoms in total. The normalized spacial score (nSPS) is 27.6. The van der Waals surface area contributed by atoms with Crippen molar-refractivity contribution in [3.8, 4) is 0 Å². The molecular formula is C12H18N2O4. The van der Waals surface area contributed by atoms with E-state index in [0.29, 0.717) is 39.0 Å². The number of rotatable bonds is 2. The second-order valence-corrected chi connectivity index (χ2v) is 4.96. The summed E-state index contributed by atoms with van der Waals surface area (Å²) in [5.41, 5.74) is 0. The molecule has 1 aliphatic heterocycles. The van der Waals surface area contributed by atoms with E-state index in [1.54, 1.807) is 9.80 Å². The molecule has 0 bridgehead atoms. The number of carbonyl (C=O) groups is 3. The van der Waals surface area contributed by atoms with Gasteiger partial charge in [-0.25, -0.2) is 0 Å². The Hall–Kier alpha value is -1.59. The van der Waals surface area contributed by atoms with Gasteiger partial charge in [0.15, 0.2) is 0 Å². The highest BCUT2D eigenvalue weighted by Crippen LogP contribution is 2.36. The molecule has 2 rings (SSSR count). The molecule has 0 aromatic carbocycles. The SMILES string of the molecule is CC(=O)N1CCN(C(=O)C2CCC2C(=O)O)CC1. The summed E-state index contributed by atoms with van der Waals surface area (Å²) >= 11 is 0. The summed E-state index contributed by atoms with van der Waals surface area (Å²) in [7, 11) is 0. The zero-order chi connectivity index (χ0) is 13.3. The van der Waals surface area contributed by atoms with Crippen LogP contribution in [0.2, 0.25) is 0 Å². The second kappa shape index (κ2) is 4.96. The van der Waals surface area contributed by atoms with E-state index >= 15 is 0 Å². The third kappa shape index (κ3) is 2.32. The summed E-state index contributed by atoms with van der Waals surface area (Å²) in [4.78, 5) is 37.6. The van der Waals surface area contributed by atoms with Gasteiger partial charge in [-0.1, -0.05) is 0 Å². The summed E-state index contributed by atoms with van der Waals surface area (Å²) in [6, 6.07) is 0. The number of nitrogens with zero attached hydrogens (tertiary/aromatic N) is 2. The molecule has 6 heteroatoms. The van der Waals surface area contributed by atoms with E-state index in [9.17, 15) is 14.4 Å². The Morgan fingerprint density at radius 1 is 0.944 bits per heavy atom. The number of hydrogen-bond acceptors (Lipinski definition) is 3. The second-order valence-electron chi connectivity index (χ2n) is 4.96. The van der Waals surface area contributed by atoms with E-state index in [4.69, 9.17) is 5.11 Å². The Bertz CT molecular complexity index is 374. The Morgan fingerprint density at radius 3 is 1.83 bits per heavy atom. The molecule has 100 valence electrons. The van der Waals surface area contributed by atoms with Crippen LogP contribution >= 0.6 is 0 Å². The lowest BCUT2D eigenvalue weighted by molar-refractivity contribution is -0.157. The van der Waals surface area contributed by atoms with Crippen LogP contribution in [0.4, 0.5) is 0 Å². The molecule has 1 heterocycles. The van der Waals surface area contributed by atoms with Gasteiger partial charge in [-0.15, -0.1) is 0 Å². The van der Waals surface area contributed by atoms with Crippen molar-refractivity contribution < 1.29 is 19.5 Å². The van der Waals surface area contributed by atoms with Gasteiger partial charge in [-0.05, 0) is 12.8 Å². The van der Waals surface area contributed by atoms with E-state index in [1.807, 2.05) is 0 Å². The molecule has 18 heavy (non-hydrogen) atoms. The van der Waals surface area contributed by atoms with Crippen molar-refractivity contribution in [2.24, 2.45) is 11.8 Å². The zero-order valence-corrected chi connectivity index (χ0v) is 10.5. The van der Waals surface area contributed by atoms with Gasteiger partial charge in [0.2, 0.25) is 11.8 Å². The fraction of sp³-hybridized carbons (Fsp3) is 0.750. The van der Waals surface area contributed by atoms with E-state index in [-0.39, 0.29) is 17.7 Å². The van der Waals surface area contributed by atoms with E-state index in [0.717, 1.165) is 0 Å². The highest BCUT2D eigenvalue weighted by molar-refractivity contribution is 5.86. The van der Waals surface area contributed by atoms with Gasteiger partial charge in [-0.3, -0.25) is 14.4 Å². The van der Waals surface area contributed by atoms with Gasteiger partial charge < -0.3 is 14.9 Å². The molecule has 0 radical (unpaired) electrons. The topological polar surface area (TPSA) is 77.9 Å². The van der Waals surface area contributed by atoms with Gasteiger partial charge in [-0.2, -0.15) is 0 Å². The standard InChI is InChI=1S/C12H18N2O4/c1-8(15)13-4-6-14(7-5-13)11(16)9-2-3-10(9)12(17)18/h9-10H,2-7H2,1H3,(H,17,18). The molecule has 0 aromatic rings. The molecule has 1 aliphatic carbocycles. The first kappa shape index (κ1) is 12.9. The molecule has 2 amide bonds. The minimum atomic E-state index is -0.873. The summed E-state index contributed by atoms with van der Waals surface area (Å²) in [6.45, 7) is 3.64. The predicted octanol–water partition coefficient (Wildman–Crippen LogP) is -0.212. The molecule has 2 fully saturated rings. The Labute approximate surface area is 106 Å². The Morgan fingerprint density at radius 2 is 1.44 bits per heavy atom. The highest BCUT2D eigenvalue weighted by atomic mass is 16.4. The monoisotopic (exact) mass is 254 g/mol. The van der Waals surface area contributed by atoms with Crippen LogP contribution in [0, 0.1) is 11.8 Å². The molecule has 2 atom stereocenters. The van der Waals surface area contributed by atoms with Crippen molar-refractivity contribution in [3.63, 3.8) is 0 Å². The number of carbonyl (C=O) groups excluding carboxylic acids is 2. The summed E-state index contributed by atoms with van der Waals surface area (Å²) < 4.78 is 0. The van der Waals surface area contributed by atoms with Crippen molar-refractivity contribution >= 4 is 17.8 Å². The number of hydrogen-bond donors (Lipinski definition) is 1. The number of carboxylic acid groups (broad SMARTS) is 1. The number of carboxylic acids is 1. The third-order valence-corrected chi connectivity index (χ3v) is 3.95. The maximum Gasteiger partial charge on any atom is 0.307 e. The van der Waals surface area contributed by atoms with Crippen molar-refractivity contribution in [1.82, 2.24) is 9.80 Å². The molecule has 1 saturated heterocycles. The molecule has 1 saturated carbocycles. The van der Waals surface area contributed by atoms with Crippen LogP contribution in [0.15, 0.2) is 0 Å². The molecule has 2 aliphatic rings. The largest absolute Gasteiger partial charge is 0.481 e. The first-order chi connectivity index (χ1) is 8.50. The van der Waals surface area contributed by atoms with E-state index in [1.165, 1.54) is 6.92 Å². The van der Waals surface area contributed by atoms with Crippen LogP contribution in [0.1, 0.15) is 19.8 Å². The summed E-state index contributed by atoms with van der Waals surface area (Å²) in [5, 5.41) is 8.94. The van der Waals surface area contributed by atoms with Crippen LogP contribution in [-0.4, -0.2) is 58.9 Å². The molecule has 2 unspecified atom stereocenters. The van der Waals surface area contributed by atoms with Crippen LogP contribution in [0.25, 0.3) is 0 Å². The van der Waals surface area contributed by atoms with Gasteiger partial charge in [0.25, 0.3) is 0 Å². The minimum absolute atomic E-state index is 0.0224. The van der Waals surface area contributed by atoms with Crippen molar-refractivity contribution in [1.29, 1.82) is 0 Å². The average Bonchev–Trinajstić information content (AvgIpc) is 2.26. The van der Waals surface area contributed by atoms with Gasteiger partial charge in [0, 0.05) is 33.1 Å². The fourth-order valence-electron chi connectivity index (χ4n) is 2.57. The van der Waals surface area contributed by atoms with Crippen LogP contribution in [-0.2, 0) is 14.4 Å². The number of piperazine rings is 1. The van der Waals surface area contributed by atoms with Crippen molar-refractivity contribution in [3.05, 3.63) is 0 Å². The van der Waals surface area contributed by atoms with E-state index < -0.39 is 11.9 Å². The Kier molecular flexibility index (Phi) is 3.54. The fourth-order valence-corrected chi connectivity index (χ4v) is 2.57. The van der Waals surface area contributed by atoms with Crippen molar-refractivity contribution in [2.45, 2.75) is 19.8 Å². The molecular weight excluding hydrogens is 236 g/mol. The van der Waals surface area contributed by atoms with Gasteiger partial charge in [0.05, 0.1) is 11.8 Å². The summed E-state index contributed by atoms with van der Waals surface area (Å²) in [5.74, 6) is -1.78. The first-order valence-electron chi connectivity index (χ1n) is 6.28. The number of amides is 2. The molecule has 0 spiro atoms. The molecule has 0 aromatic heterocycles.